The van der Waals surface area contributed by atoms with E-state index in [1.165, 1.54) is 13.8 Å². The van der Waals surface area contributed by atoms with Gasteiger partial charge in [-0.25, -0.2) is 4.79 Å². The van der Waals surface area contributed by atoms with E-state index in [4.69, 9.17) is 17.2 Å². The summed E-state index contributed by atoms with van der Waals surface area (Å²) in [5.41, 5.74) is 16.0. The molecule has 0 heterocycles. The van der Waals surface area contributed by atoms with Crippen LogP contribution in [-0.2, 0) is 19.2 Å². The standard InChI is InChI=1S/C19H37N7O6/c1-5-9(2)13(18(31)32)25-16(29)12(7-6-8-23-19(21)22)24-17(30)14(11(4)27)26-15(28)10(3)20/h9-14,27H,5-8,20H2,1-4H3,(H,24,30)(H,25,29)(H,26,28)(H,31,32)(H4,21,22,23). The number of guanidine groups is 1. The van der Waals surface area contributed by atoms with Crippen molar-refractivity contribution in [2.45, 2.75) is 77.2 Å². The van der Waals surface area contributed by atoms with Crippen molar-refractivity contribution in [3.8, 4) is 0 Å². The van der Waals surface area contributed by atoms with Crippen LogP contribution in [0.2, 0.25) is 0 Å². The molecule has 0 radical (unpaired) electrons. The lowest BCUT2D eigenvalue weighted by molar-refractivity contribution is -0.144. The van der Waals surface area contributed by atoms with Crippen molar-refractivity contribution in [1.82, 2.24) is 16.0 Å². The number of hydrogen-bond donors (Lipinski definition) is 8. The van der Waals surface area contributed by atoms with E-state index >= 15 is 0 Å². The van der Waals surface area contributed by atoms with E-state index in [1.54, 1.807) is 13.8 Å². The Kier molecular flexibility index (Phi) is 12.9. The maximum Gasteiger partial charge on any atom is 0.326 e. The van der Waals surface area contributed by atoms with Gasteiger partial charge in [0.15, 0.2) is 5.96 Å². The molecule has 0 bridgehead atoms. The van der Waals surface area contributed by atoms with E-state index in [-0.39, 0.29) is 24.8 Å². The zero-order valence-electron chi connectivity index (χ0n) is 19.0. The molecule has 32 heavy (non-hydrogen) atoms. The molecule has 11 N–H and O–H groups in total. The first-order chi connectivity index (χ1) is 14.8. The smallest absolute Gasteiger partial charge is 0.326 e. The second kappa shape index (κ2) is 14.2. The minimum Gasteiger partial charge on any atom is -0.480 e. The molecule has 0 aliphatic heterocycles. The first-order valence-electron chi connectivity index (χ1n) is 10.4. The number of carboxylic acids is 1. The van der Waals surface area contributed by atoms with E-state index in [0.29, 0.717) is 12.8 Å². The zero-order valence-corrected chi connectivity index (χ0v) is 19.0. The van der Waals surface area contributed by atoms with Gasteiger partial charge in [-0.05, 0) is 32.6 Å². The average molecular weight is 460 g/mol. The van der Waals surface area contributed by atoms with Crippen LogP contribution in [0.5, 0.6) is 0 Å². The summed E-state index contributed by atoms with van der Waals surface area (Å²) < 4.78 is 0. The summed E-state index contributed by atoms with van der Waals surface area (Å²) in [6, 6.07) is -4.60. The Morgan fingerprint density at radius 1 is 0.938 bits per heavy atom. The average Bonchev–Trinajstić information content (AvgIpc) is 2.70. The minimum absolute atomic E-state index is 0.0783. The number of carbonyl (C=O) groups is 4. The molecular weight excluding hydrogens is 422 g/mol. The lowest BCUT2D eigenvalue weighted by Gasteiger charge is -2.27. The van der Waals surface area contributed by atoms with Gasteiger partial charge in [-0.2, -0.15) is 0 Å². The molecule has 13 heteroatoms. The van der Waals surface area contributed by atoms with Gasteiger partial charge in [0.05, 0.1) is 12.1 Å². The van der Waals surface area contributed by atoms with Crippen molar-refractivity contribution >= 4 is 29.7 Å². The number of nitrogens with zero attached hydrogens (tertiary/aromatic N) is 1. The molecule has 0 saturated carbocycles. The SMILES string of the molecule is CCC(C)C(NC(=O)C(CCCN=C(N)N)NC(=O)C(NC(=O)C(C)N)C(C)O)C(=O)O. The second-order valence-corrected chi connectivity index (χ2v) is 7.74. The van der Waals surface area contributed by atoms with Crippen LogP contribution < -0.4 is 33.2 Å². The molecule has 3 amide bonds. The number of aliphatic imine (C=N–C) groups is 1. The molecule has 0 spiro atoms. The highest BCUT2D eigenvalue weighted by atomic mass is 16.4. The highest BCUT2D eigenvalue weighted by Crippen LogP contribution is 2.09. The van der Waals surface area contributed by atoms with Gasteiger partial charge >= 0.3 is 5.97 Å². The van der Waals surface area contributed by atoms with Gasteiger partial charge in [-0.1, -0.05) is 20.3 Å². The molecule has 6 unspecified atom stereocenters. The van der Waals surface area contributed by atoms with Gasteiger partial charge in [0, 0.05) is 6.54 Å². The summed E-state index contributed by atoms with van der Waals surface area (Å²) in [7, 11) is 0. The number of nitrogens with one attached hydrogen (secondary N) is 3. The number of carboxylic acid groups (broad SMARTS) is 1. The predicted octanol–water partition coefficient (Wildman–Crippen LogP) is -2.65. The number of hydrogen-bond acceptors (Lipinski definition) is 7. The fourth-order valence-electron chi connectivity index (χ4n) is 2.66. The molecule has 0 aromatic rings. The normalized spacial score (nSPS) is 16.4. The van der Waals surface area contributed by atoms with Crippen LogP contribution in [-0.4, -0.2) is 76.7 Å². The van der Waals surface area contributed by atoms with Crippen LogP contribution in [0.1, 0.15) is 47.0 Å². The van der Waals surface area contributed by atoms with Crippen LogP contribution in [0.3, 0.4) is 0 Å². The van der Waals surface area contributed by atoms with Crippen LogP contribution in [0.25, 0.3) is 0 Å². The van der Waals surface area contributed by atoms with Crippen LogP contribution in [0, 0.1) is 5.92 Å². The van der Waals surface area contributed by atoms with Gasteiger partial charge in [-0.15, -0.1) is 0 Å². The third-order valence-corrected chi connectivity index (χ3v) is 4.83. The van der Waals surface area contributed by atoms with Crippen LogP contribution >= 0.6 is 0 Å². The molecule has 0 aliphatic carbocycles. The molecule has 0 aliphatic rings. The van der Waals surface area contributed by atoms with Crippen molar-refractivity contribution in [3.05, 3.63) is 0 Å². The Morgan fingerprint density at radius 3 is 1.94 bits per heavy atom. The third-order valence-electron chi connectivity index (χ3n) is 4.83. The summed E-state index contributed by atoms with van der Waals surface area (Å²) in [4.78, 5) is 52.8. The van der Waals surface area contributed by atoms with Crippen molar-refractivity contribution < 1.29 is 29.4 Å². The van der Waals surface area contributed by atoms with Gasteiger partial charge in [0.25, 0.3) is 0 Å². The van der Waals surface area contributed by atoms with Gasteiger partial charge in [0.1, 0.15) is 18.1 Å². The Bertz CT molecular complexity index is 679. The van der Waals surface area contributed by atoms with Crippen molar-refractivity contribution in [2.75, 3.05) is 6.54 Å². The summed E-state index contributed by atoms with van der Waals surface area (Å²) >= 11 is 0. The maximum atomic E-state index is 12.8. The van der Waals surface area contributed by atoms with Gasteiger partial charge in [-0.3, -0.25) is 19.4 Å². The molecule has 0 fully saturated rings. The lowest BCUT2D eigenvalue weighted by Crippen LogP contribution is -2.59. The Hall–Kier alpha value is -2.93. The second-order valence-electron chi connectivity index (χ2n) is 7.74. The summed E-state index contributed by atoms with van der Waals surface area (Å²) in [6.07, 6.45) is -0.403. The van der Waals surface area contributed by atoms with E-state index in [2.05, 4.69) is 20.9 Å². The number of rotatable bonds is 14. The van der Waals surface area contributed by atoms with Crippen LogP contribution in [0.15, 0.2) is 4.99 Å². The maximum absolute atomic E-state index is 12.8. The van der Waals surface area contributed by atoms with Crippen molar-refractivity contribution in [2.24, 2.45) is 28.1 Å². The van der Waals surface area contributed by atoms with Crippen molar-refractivity contribution in [3.63, 3.8) is 0 Å². The first kappa shape index (κ1) is 29.1. The topological polar surface area (TPSA) is 235 Å². The summed E-state index contributed by atoms with van der Waals surface area (Å²) in [5.74, 6) is -3.91. The number of nitrogens with two attached hydrogens (primary N) is 3. The molecule has 0 saturated heterocycles. The summed E-state index contributed by atoms with van der Waals surface area (Å²) in [6.45, 7) is 6.35. The first-order valence-corrected chi connectivity index (χ1v) is 10.4. The predicted molar refractivity (Wildman–Crippen MR) is 118 cm³/mol. The van der Waals surface area contributed by atoms with Crippen LogP contribution in [0.4, 0.5) is 0 Å². The monoisotopic (exact) mass is 459 g/mol. The number of aliphatic hydroxyl groups excluding tert-OH is 1. The molecule has 184 valence electrons. The van der Waals surface area contributed by atoms with E-state index in [1.807, 2.05) is 0 Å². The van der Waals surface area contributed by atoms with Gasteiger partial charge in [0.2, 0.25) is 17.7 Å². The number of carbonyl (C=O) groups excluding carboxylic acids is 3. The Morgan fingerprint density at radius 2 is 1.50 bits per heavy atom. The number of aliphatic carboxylic acids is 1. The number of aliphatic hydroxyl groups is 1. The lowest BCUT2D eigenvalue weighted by atomic mass is 9.98. The fourth-order valence-corrected chi connectivity index (χ4v) is 2.66. The molecule has 0 rings (SSSR count). The third kappa shape index (κ3) is 10.4. The van der Waals surface area contributed by atoms with E-state index in [9.17, 15) is 29.4 Å². The molecule has 13 nitrogen and oxygen atoms in total. The summed E-state index contributed by atoms with van der Waals surface area (Å²) in [5, 5.41) is 26.6. The Labute approximate surface area is 187 Å². The van der Waals surface area contributed by atoms with Crippen molar-refractivity contribution in [1.29, 1.82) is 0 Å². The molecule has 6 atom stereocenters. The molecular formula is C19H37N7O6. The molecule has 0 aromatic heterocycles. The molecule has 0 aromatic carbocycles. The zero-order chi connectivity index (χ0) is 25.0. The largest absolute Gasteiger partial charge is 0.480 e. The number of amides is 3. The minimum atomic E-state index is -1.37. The Balaban J connectivity index is 5.54. The highest BCUT2D eigenvalue weighted by molar-refractivity contribution is 5.94. The van der Waals surface area contributed by atoms with E-state index < -0.39 is 54.0 Å². The van der Waals surface area contributed by atoms with E-state index in [0.717, 1.165) is 0 Å². The fraction of sp³-hybridized carbons (Fsp3) is 0.737. The quantitative estimate of drug-likeness (QED) is 0.0768. The highest BCUT2D eigenvalue weighted by Gasteiger charge is 2.32. The van der Waals surface area contributed by atoms with Gasteiger partial charge < -0.3 is 43.4 Å².